The first-order valence-corrected chi connectivity index (χ1v) is 8.32. The number of carbonyl (C=O) groups is 2. The van der Waals surface area contributed by atoms with Crippen LogP contribution in [0.15, 0.2) is 53.6 Å². The van der Waals surface area contributed by atoms with Gasteiger partial charge in [-0.05, 0) is 50.2 Å². The fraction of sp³-hybridized carbons (Fsp3) is 0.250. The second-order valence-electron chi connectivity index (χ2n) is 6.32. The summed E-state index contributed by atoms with van der Waals surface area (Å²) in [6, 6.07) is 14.7. The monoisotopic (exact) mass is 352 g/mol. The summed E-state index contributed by atoms with van der Waals surface area (Å²) >= 11 is 0. The molecule has 0 spiro atoms. The summed E-state index contributed by atoms with van der Waals surface area (Å²) in [6.07, 6.45) is 0.101. The van der Waals surface area contributed by atoms with E-state index >= 15 is 0 Å². The number of nitrogens with zero attached hydrogens (tertiary/aromatic N) is 2. The highest BCUT2D eigenvalue weighted by Crippen LogP contribution is 2.15. The number of carbonyl (C=O) groups excluding carboxylic acids is 2. The molecule has 2 rings (SSSR count). The summed E-state index contributed by atoms with van der Waals surface area (Å²) in [6.45, 7) is 3.65. The fourth-order valence-electron chi connectivity index (χ4n) is 2.24. The lowest BCUT2D eigenvalue weighted by Crippen LogP contribution is -2.21. The van der Waals surface area contributed by atoms with E-state index in [-0.39, 0.29) is 18.2 Å². The molecule has 2 aromatic carbocycles. The molecule has 136 valence electrons. The van der Waals surface area contributed by atoms with Crippen LogP contribution in [0.2, 0.25) is 0 Å². The maximum atomic E-state index is 12.1. The van der Waals surface area contributed by atoms with Crippen LogP contribution in [0.1, 0.15) is 29.3 Å². The van der Waals surface area contributed by atoms with Crippen molar-refractivity contribution in [3.8, 4) is 0 Å². The Balaban J connectivity index is 1.86. The lowest BCUT2D eigenvalue weighted by atomic mass is 10.1. The van der Waals surface area contributed by atoms with Crippen molar-refractivity contribution in [3.63, 3.8) is 0 Å². The maximum Gasteiger partial charge on any atom is 0.271 e. The molecule has 0 aliphatic heterocycles. The molecule has 26 heavy (non-hydrogen) atoms. The van der Waals surface area contributed by atoms with E-state index in [1.807, 2.05) is 62.3 Å². The van der Waals surface area contributed by atoms with Crippen LogP contribution in [0.3, 0.4) is 0 Å². The van der Waals surface area contributed by atoms with E-state index in [9.17, 15) is 9.59 Å². The zero-order chi connectivity index (χ0) is 19.1. The third kappa shape index (κ3) is 5.73. The molecular weight excluding hydrogens is 328 g/mol. The highest BCUT2D eigenvalue weighted by molar-refractivity contribution is 6.06. The number of aryl methyl sites for hydroxylation is 1. The van der Waals surface area contributed by atoms with Crippen LogP contribution in [0.25, 0.3) is 0 Å². The van der Waals surface area contributed by atoms with Gasteiger partial charge in [-0.15, -0.1) is 0 Å². The van der Waals surface area contributed by atoms with Gasteiger partial charge in [0.15, 0.2) is 0 Å². The minimum Gasteiger partial charge on any atom is -0.378 e. The second kappa shape index (κ2) is 8.80. The molecule has 0 radical (unpaired) electrons. The topological polar surface area (TPSA) is 73.8 Å². The van der Waals surface area contributed by atoms with E-state index < -0.39 is 0 Å². The van der Waals surface area contributed by atoms with Crippen molar-refractivity contribution >= 4 is 28.9 Å². The Morgan fingerprint density at radius 3 is 2.19 bits per heavy atom. The Bertz CT molecular complexity index is 794. The third-order valence-electron chi connectivity index (χ3n) is 3.75. The van der Waals surface area contributed by atoms with E-state index in [4.69, 9.17) is 0 Å². The van der Waals surface area contributed by atoms with Gasteiger partial charge in [-0.2, -0.15) is 5.10 Å². The minimum atomic E-state index is -0.302. The van der Waals surface area contributed by atoms with Crippen LogP contribution in [-0.4, -0.2) is 31.6 Å². The summed E-state index contributed by atoms with van der Waals surface area (Å²) in [5.41, 5.74) is 6.37. The van der Waals surface area contributed by atoms with Crippen molar-refractivity contribution < 1.29 is 9.59 Å². The SMILES string of the molecule is C/C(CC(=O)Nc1ccc(N(C)C)cc1)=N/NC(=O)c1ccc(C)cc1. The number of hydrogen-bond acceptors (Lipinski definition) is 4. The number of nitrogens with one attached hydrogen (secondary N) is 2. The van der Waals surface area contributed by atoms with Crippen LogP contribution >= 0.6 is 0 Å². The maximum absolute atomic E-state index is 12.1. The number of hydrogen-bond donors (Lipinski definition) is 2. The number of hydrazone groups is 1. The molecule has 2 amide bonds. The minimum absolute atomic E-state index is 0.101. The van der Waals surface area contributed by atoms with Crippen molar-refractivity contribution in [1.29, 1.82) is 0 Å². The quantitative estimate of drug-likeness (QED) is 0.619. The van der Waals surface area contributed by atoms with Crippen molar-refractivity contribution in [3.05, 3.63) is 59.7 Å². The zero-order valence-electron chi connectivity index (χ0n) is 15.5. The summed E-state index contributed by atoms with van der Waals surface area (Å²) < 4.78 is 0. The Kier molecular flexibility index (Phi) is 6.49. The number of benzene rings is 2. The predicted molar refractivity (Wildman–Crippen MR) is 106 cm³/mol. The molecule has 0 saturated carbocycles. The van der Waals surface area contributed by atoms with Gasteiger partial charge >= 0.3 is 0 Å². The summed E-state index contributed by atoms with van der Waals surface area (Å²) in [4.78, 5) is 26.1. The van der Waals surface area contributed by atoms with E-state index in [1.165, 1.54) is 0 Å². The van der Waals surface area contributed by atoms with E-state index in [0.717, 1.165) is 16.9 Å². The molecule has 2 N–H and O–H groups in total. The Labute approximate surface area is 153 Å². The predicted octanol–water partition coefficient (Wildman–Crippen LogP) is 3.20. The molecular formula is C20H24N4O2. The lowest BCUT2D eigenvalue weighted by molar-refractivity contribution is -0.115. The Hall–Kier alpha value is -3.15. The van der Waals surface area contributed by atoms with Crippen molar-refractivity contribution in [2.75, 3.05) is 24.3 Å². The van der Waals surface area contributed by atoms with Crippen molar-refractivity contribution in [2.45, 2.75) is 20.3 Å². The van der Waals surface area contributed by atoms with Crippen molar-refractivity contribution in [1.82, 2.24) is 5.43 Å². The molecule has 0 fully saturated rings. The molecule has 0 aliphatic carbocycles. The molecule has 0 saturated heterocycles. The molecule has 0 aromatic heterocycles. The van der Waals surface area contributed by atoms with E-state index in [2.05, 4.69) is 15.8 Å². The standard InChI is InChI=1S/C20H24N4O2/c1-14-5-7-16(8-6-14)20(26)23-22-15(2)13-19(25)21-17-9-11-18(12-10-17)24(3)4/h5-12H,13H2,1-4H3,(H,21,25)(H,23,26)/b22-15-. The van der Waals surface area contributed by atoms with Gasteiger partial charge in [0.1, 0.15) is 0 Å². The Morgan fingerprint density at radius 1 is 1.00 bits per heavy atom. The molecule has 6 nitrogen and oxygen atoms in total. The van der Waals surface area contributed by atoms with Gasteiger partial charge in [0.25, 0.3) is 5.91 Å². The van der Waals surface area contributed by atoms with Gasteiger partial charge in [0.2, 0.25) is 5.91 Å². The summed E-state index contributed by atoms with van der Waals surface area (Å²) in [5, 5.41) is 6.80. The molecule has 2 aromatic rings. The molecule has 6 heteroatoms. The largest absolute Gasteiger partial charge is 0.378 e. The second-order valence-corrected chi connectivity index (χ2v) is 6.32. The van der Waals surface area contributed by atoms with Crippen LogP contribution in [0.5, 0.6) is 0 Å². The summed E-state index contributed by atoms with van der Waals surface area (Å²) in [5.74, 6) is -0.488. The highest BCUT2D eigenvalue weighted by atomic mass is 16.2. The zero-order valence-corrected chi connectivity index (χ0v) is 15.5. The van der Waals surface area contributed by atoms with Crippen LogP contribution < -0.4 is 15.6 Å². The number of anilines is 2. The molecule has 0 aliphatic rings. The van der Waals surface area contributed by atoms with Crippen molar-refractivity contribution in [2.24, 2.45) is 5.10 Å². The molecule has 0 unspecified atom stereocenters. The normalized spacial score (nSPS) is 11.0. The number of rotatable bonds is 6. The molecule has 0 bridgehead atoms. The number of amides is 2. The lowest BCUT2D eigenvalue weighted by Gasteiger charge is -2.13. The first kappa shape index (κ1) is 19.2. The molecule has 0 atom stereocenters. The van der Waals surface area contributed by atoms with E-state index in [1.54, 1.807) is 19.1 Å². The van der Waals surface area contributed by atoms with E-state index in [0.29, 0.717) is 11.3 Å². The summed E-state index contributed by atoms with van der Waals surface area (Å²) in [7, 11) is 3.91. The Morgan fingerprint density at radius 2 is 1.62 bits per heavy atom. The highest BCUT2D eigenvalue weighted by Gasteiger charge is 2.07. The smallest absolute Gasteiger partial charge is 0.271 e. The first-order valence-electron chi connectivity index (χ1n) is 8.32. The van der Waals surface area contributed by atoms with Gasteiger partial charge in [0.05, 0.1) is 6.42 Å². The average Bonchev–Trinajstić information content (AvgIpc) is 2.60. The fourth-order valence-corrected chi connectivity index (χ4v) is 2.24. The molecule has 0 heterocycles. The van der Waals surface area contributed by atoms with Crippen LogP contribution in [0.4, 0.5) is 11.4 Å². The average molecular weight is 352 g/mol. The van der Waals surface area contributed by atoms with Crippen LogP contribution in [0, 0.1) is 6.92 Å². The first-order chi connectivity index (χ1) is 12.3. The van der Waals surface area contributed by atoms with Gasteiger partial charge in [-0.25, -0.2) is 5.43 Å². The third-order valence-corrected chi connectivity index (χ3v) is 3.75. The van der Waals surface area contributed by atoms with Crippen LogP contribution in [-0.2, 0) is 4.79 Å². The van der Waals surface area contributed by atoms with Gasteiger partial charge < -0.3 is 10.2 Å². The van der Waals surface area contributed by atoms with Gasteiger partial charge in [-0.3, -0.25) is 9.59 Å². The van der Waals surface area contributed by atoms with Gasteiger partial charge in [-0.1, -0.05) is 17.7 Å². The van der Waals surface area contributed by atoms with Gasteiger partial charge in [0, 0.05) is 36.7 Å².